The summed E-state index contributed by atoms with van der Waals surface area (Å²) < 4.78 is 28.2. The molecule has 1 aromatic carbocycles. The number of carbonyl (C=O) groups excluding carboxylic acids is 2. The fraction of sp³-hybridized carbons (Fsp3) is 0.200. The summed E-state index contributed by atoms with van der Waals surface area (Å²) in [6, 6.07) is 11.0. The van der Waals surface area contributed by atoms with Gasteiger partial charge in [-0.2, -0.15) is 0 Å². The minimum Gasteiger partial charge on any atom is -0.459 e. The third-order valence-electron chi connectivity index (χ3n) is 4.26. The number of sulfone groups is 1. The average molecular weight is 433 g/mol. The smallest absolute Gasteiger partial charge is 0.291 e. The third-order valence-corrected chi connectivity index (χ3v) is 6.54. The number of carbonyl (C=O) groups is 2. The monoisotopic (exact) mass is 432 g/mol. The molecule has 29 heavy (non-hydrogen) atoms. The van der Waals surface area contributed by atoms with Crippen LogP contribution < -0.4 is 10.6 Å². The van der Waals surface area contributed by atoms with Crippen LogP contribution in [-0.2, 0) is 9.84 Å². The van der Waals surface area contributed by atoms with Crippen molar-refractivity contribution >= 4 is 38.0 Å². The quantitative estimate of drug-likeness (QED) is 0.616. The van der Waals surface area contributed by atoms with E-state index < -0.39 is 9.84 Å². The minimum atomic E-state index is -3.27. The molecule has 7 nitrogen and oxygen atoms in total. The van der Waals surface area contributed by atoms with Gasteiger partial charge in [0, 0.05) is 6.26 Å². The highest BCUT2D eigenvalue weighted by Crippen LogP contribution is 2.28. The van der Waals surface area contributed by atoms with Gasteiger partial charge in [-0.1, -0.05) is 12.1 Å². The van der Waals surface area contributed by atoms with Crippen molar-refractivity contribution < 1.29 is 22.4 Å². The molecule has 0 fully saturated rings. The van der Waals surface area contributed by atoms with Crippen molar-refractivity contribution in [1.29, 1.82) is 0 Å². The molecule has 2 N–H and O–H groups in total. The molecule has 0 aliphatic heterocycles. The summed E-state index contributed by atoms with van der Waals surface area (Å²) in [5.41, 5.74) is 1.52. The maximum absolute atomic E-state index is 12.7. The van der Waals surface area contributed by atoms with E-state index in [1.54, 1.807) is 37.3 Å². The molecule has 0 saturated heterocycles. The Morgan fingerprint density at radius 1 is 1.10 bits per heavy atom. The summed E-state index contributed by atoms with van der Waals surface area (Å²) in [7, 11) is -3.27. The normalized spacial score (nSPS) is 12.4. The van der Waals surface area contributed by atoms with Gasteiger partial charge in [0.05, 0.1) is 27.1 Å². The lowest BCUT2D eigenvalue weighted by Gasteiger charge is -2.14. The van der Waals surface area contributed by atoms with E-state index in [0.717, 1.165) is 17.4 Å². The lowest BCUT2D eigenvalue weighted by Crippen LogP contribution is -2.26. The van der Waals surface area contributed by atoms with Gasteiger partial charge >= 0.3 is 0 Å². The number of hydrogen-bond donors (Lipinski definition) is 2. The van der Waals surface area contributed by atoms with E-state index in [9.17, 15) is 18.0 Å². The Labute approximate surface area is 172 Å². The predicted octanol–water partition coefficient (Wildman–Crippen LogP) is 3.80. The number of furan rings is 1. The van der Waals surface area contributed by atoms with Crippen molar-refractivity contribution in [2.45, 2.75) is 24.8 Å². The SMILES string of the molecule is Cc1cc(NC(=O)c2ccco2)sc1C(=O)NC(C)c1ccc(S(C)(=O)=O)cc1. The summed E-state index contributed by atoms with van der Waals surface area (Å²) >= 11 is 1.17. The highest BCUT2D eigenvalue weighted by molar-refractivity contribution is 7.90. The first-order valence-electron chi connectivity index (χ1n) is 8.71. The molecule has 152 valence electrons. The molecular weight excluding hydrogens is 412 g/mol. The molecule has 1 unspecified atom stereocenters. The summed E-state index contributed by atoms with van der Waals surface area (Å²) in [6.07, 6.45) is 2.56. The number of anilines is 1. The molecule has 0 saturated carbocycles. The zero-order valence-corrected chi connectivity index (χ0v) is 17.7. The first-order chi connectivity index (χ1) is 13.6. The summed E-state index contributed by atoms with van der Waals surface area (Å²) in [5.74, 6) is -0.471. The third kappa shape index (κ3) is 4.93. The maximum Gasteiger partial charge on any atom is 0.291 e. The Morgan fingerprint density at radius 2 is 1.79 bits per heavy atom. The standard InChI is InChI=1S/C20H20N2O5S2/c1-12-11-17(22-19(23)16-5-4-10-27-16)28-18(12)20(24)21-13(2)14-6-8-15(9-7-14)29(3,25)26/h4-11,13H,1-3H3,(H,21,24)(H,22,23). The lowest BCUT2D eigenvalue weighted by molar-refractivity contribution is 0.0942. The Bertz CT molecular complexity index is 1130. The van der Waals surface area contributed by atoms with E-state index in [-0.39, 0.29) is 28.5 Å². The van der Waals surface area contributed by atoms with Crippen LogP contribution in [0.25, 0.3) is 0 Å². The van der Waals surface area contributed by atoms with Gasteiger partial charge in [0.2, 0.25) is 0 Å². The zero-order valence-electron chi connectivity index (χ0n) is 16.1. The van der Waals surface area contributed by atoms with E-state index >= 15 is 0 Å². The van der Waals surface area contributed by atoms with E-state index in [0.29, 0.717) is 9.88 Å². The summed E-state index contributed by atoms with van der Waals surface area (Å²) in [4.78, 5) is 25.5. The number of hydrogen-bond acceptors (Lipinski definition) is 6. The van der Waals surface area contributed by atoms with E-state index in [4.69, 9.17) is 4.42 Å². The second-order valence-electron chi connectivity index (χ2n) is 6.59. The molecule has 3 aromatic rings. The number of aryl methyl sites for hydroxylation is 1. The van der Waals surface area contributed by atoms with Gasteiger partial charge in [-0.05, 0) is 55.3 Å². The molecule has 0 radical (unpaired) electrons. The fourth-order valence-corrected chi connectivity index (χ4v) is 4.30. The molecular formula is C20H20N2O5S2. The number of nitrogens with one attached hydrogen (secondary N) is 2. The van der Waals surface area contributed by atoms with Gasteiger partial charge in [0.1, 0.15) is 0 Å². The van der Waals surface area contributed by atoms with Crippen molar-refractivity contribution in [1.82, 2.24) is 5.32 Å². The maximum atomic E-state index is 12.7. The van der Waals surface area contributed by atoms with Crippen LogP contribution >= 0.6 is 11.3 Å². The minimum absolute atomic E-state index is 0.188. The van der Waals surface area contributed by atoms with Gasteiger partial charge < -0.3 is 15.1 Å². The fourth-order valence-electron chi connectivity index (χ4n) is 2.70. The highest BCUT2D eigenvalue weighted by Gasteiger charge is 2.19. The van der Waals surface area contributed by atoms with Crippen LogP contribution in [0, 0.1) is 6.92 Å². The number of amides is 2. The van der Waals surface area contributed by atoms with Gasteiger partial charge in [-0.3, -0.25) is 9.59 Å². The second-order valence-corrected chi connectivity index (χ2v) is 9.66. The number of benzene rings is 1. The number of thiophene rings is 1. The van der Waals surface area contributed by atoms with Gasteiger partial charge in [0.15, 0.2) is 15.6 Å². The van der Waals surface area contributed by atoms with Crippen LogP contribution in [0.3, 0.4) is 0 Å². The van der Waals surface area contributed by atoms with Crippen LogP contribution in [0.5, 0.6) is 0 Å². The van der Waals surface area contributed by atoms with Crippen LogP contribution in [0.15, 0.2) is 58.0 Å². The van der Waals surface area contributed by atoms with Crippen molar-refractivity contribution in [3.05, 3.63) is 70.5 Å². The van der Waals surface area contributed by atoms with Crippen LogP contribution in [-0.4, -0.2) is 26.5 Å². The molecule has 9 heteroatoms. The molecule has 0 bridgehead atoms. The molecule has 2 heterocycles. The average Bonchev–Trinajstić information content (AvgIpc) is 3.31. The van der Waals surface area contributed by atoms with Crippen molar-refractivity contribution in [2.24, 2.45) is 0 Å². The van der Waals surface area contributed by atoms with Gasteiger partial charge in [-0.25, -0.2) is 8.42 Å². The molecule has 2 aromatic heterocycles. The van der Waals surface area contributed by atoms with Crippen LogP contribution in [0.1, 0.15) is 44.3 Å². The van der Waals surface area contributed by atoms with Gasteiger partial charge in [-0.15, -0.1) is 11.3 Å². The zero-order chi connectivity index (χ0) is 21.2. The summed E-state index contributed by atoms with van der Waals surface area (Å²) in [5, 5.41) is 6.15. The topological polar surface area (TPSA) is 105 Å². The Morgan fingerprint density at radius 3 is 2.38 bits per heavy atom. The molecule has 0 spiro atoms. The largest absolute Gasteiger partial charge is 0.459 e. The Hall–Kier alpha value is -2.91. The summed E-state index contributed by atoms with van der Waals surface area (Å²) in [6.45, 7) is 3.61. The van der Waals surface area contributed by atoms with Crippen LogP contribution in [0.2, 0.25) is 0 Å². The Kier molecular flexibility index (Phi) is 5.90. The van der Waals surface area contributed by atoms with E-state index in [2.05, 4.69) is 10.6 Å². The van der Waals surface area contributed by atoms with Crippen LogP contribution in [0.4, 0.5) is 5.00 Å². The first-order valence-corrected chi connectivity index (χ1v) is 11.4. The highest BCUT2D eigenvalue weighted by atomic mass is 32.2. The molecule has 2 amide bonds. The molecule has 3 rings (SSSR count). The van der Waals surface area contributed by atoms with E-state index in [1.165, 1.54) is 29.7 Å². The Balaban J connectivity index is 1.69. The molecule has 0 aliphatic carbocycles. The van der Waals surface area contributed by atoms with Gasteiger partial charge in [0.25, 0.3) is 11.8 Å². The second kappa shape index (κ2) is 8.22. The number of rotatable bonds is 6. The molecule has 1 atom stereocenters. The lowest BCUT2D eigenvalue weighted by atomic mass is 10.1. The molecule has 0 aliphatic rings. The van der Waals surface area contributed by atoms with E-state index in [1.807, 2.05) is 6.92 Å². The predicted molar refractivity (Wildman–Crippen MR) is 111 cm³/mol. The van der Waals surface area contributed by atoms with Crippen molar-refractivity contribution in [2.75, 3.05) is 11.6 Å². The first kappa shape index (κ1) is 20.8. The van der Waals surface area contributed by atoms with Crippen molar-refractivity contribution in [3.63, 3.8) is 0 Å². The van der Waals surface area contributed by atoms with Crippen molar-refractivity contribution in [3.8, 4) is 0 Å².